The van der Waals surface area contributed by atoms with Crippen molar-refractivity contribution in [3.8, 4) is 23.0 Å². The molecule has 1 aromatic heterocycles. The average molecular weight is 355 g/mol. The Kier molecular flexibility index (Phi) is 4.04. The first-order valence-electron chi connectivity index (χ1n) is 8.19. The highest BCUT2D eigenvalue weighted by Gasteiger charge is 2.35. The molecule has 2 aromatic rings. The van der Waals surface area contributed by atoms with E-state index >= 15 is 0 Å². The van der Waals surface area contributed by atoms with E-state index in [1.54, 1.807) is 18.2 Å². The van der Waals surface area contributed by atoms with Crippen molar-refractivity contribution in [2.45, 2.75) is 6.42 Å². The first-order valence-corrected chi connectivity index (χ1v) is 8.19. The molecule has 0 atom stereocenters. The summed E-state index contributed by atoms with van der Waals surface area (Å²) in [7, 11) is 3.84. The minimum absolute atomic E-state index is 0.00535. The zero-order valence-electron chi connectivity index (χ0n) is 14.4. The molecule has 1 aliphatic heterocycles. The predicted octanol–water partition coefficient (Wildman–Crippen LogP) is 1.84. The highest BCUT2D eigenvalue weighted by Crippen LogP contribution is 2.36. The molecule has 0 unspecified atom stereocenters. The summed E-state index contributed by atoms with van der Waals surface area (Å²) in [6, 6.07) is 5.19. The van der Waals surface area contributed by atoms with Crippen molar-refractivity contribution in [1.29, 1.82) is 0 Å². The van der Waals surface area contributed by atoms with Crippen LogP contribution in [0.3, 0.4) is 0 Å². The molecule has 0 spiro atoms. The Balaban J connectivity index is 1.65. The summed E-state index contributed by atoms with van der Waals surface area (Å²) in [6.07, 6.45) is -0.0605. The van der Waals surface area contributed by atoms with E-state index in [1.165, 1.54) is 0 Å². The van der Waals surface area contributed by atoms with E-state index in [0.717, 1.165) is 0 Å². The Morgan fingerprint density at radius 2 is 2.00 bits per heavy atom. The summed E-state index contributed by atoms with van der Waals surface area (Å²) in [5.74, 6) is 0.755. The number of benzene rings is 1. The van der Waals surface area contributed by atoms with Crippen LogP contribution in [0, 0.1) is 0 Å². The molecule has 0 saturated heterocycles. The van der Waals surface area contributed by atoms with E-state index in [-0.39, 0.29) is 47.8 Å². The first kappa shape index (κ1) is 16.5. The van der Waals surface area contributed by atoms with Gasteiger partial charge in [-0.25, -0.2) is 4.98 Å². The van der Waals surface area contributed by atoms with E-state index in [4.69, 9.17) is 13.9 Å². The normalized spacial score (nSPS) is 17.3. The van der Waals surface area contributed by atoms with Gasteiger partial charge in [-0.2, -0.15) is 0 Å². The van der Waals surface area contributed by atoms with Crippen molar-refractivity contribution in [2.24, 2.45) is 4.99 Å². The number of carbonyl (C=O) groups excluding carboxylic acids is 2. The van der Waals surface area contributed by atoms with Crippen LogP contribution in [-0.2, 0) is 0 Å². The average Bonchev–Trinajstić information content (AvgIpc) is 3.25. The van der Waals surface area contributed by atoms with Gasteiger partial charge in [0.1, 0.15) is 0 Å². The topological polar surface area (TPSA) is 94.2 Å². The Bertz CT molecular complexity index is 929. The Morgan fingerprint density at radius 1 is 1.19 bits per heavy atom. The fraction of sp³-hybridized carbons (Fsp3) is 0.333. The lowest BCUT2D eigenvalue weighted by molar-refractivity contribution is 0.0940. The fourth-order valence-corrected chi connectivity index (χ4v) is 2.78. The number of likely N-dealkylation sites (N-methyl/N-ethyl adjacent to an activating group) is 1. The number of ether oxygens (including phenoxy) is 2. The molecule has 0 bridgehead atoms. The van der Waals surface area contributed by atoms with E-state index in [1.807, 2.05) is 19.0 Å². The maximum atomic E-state index is 12.6. The number of oxazole rings is 1. The monoisotopic (exact) mass is 355 g/mol. The zero-order chi connectivity index (χ0) is 18.3. The Morgan fingerprint density at radius 3 is 2.81 bits per heavy atom. The second kappa shape index (κ2) is 6.38. The molecule has 0 saturated carbocycles. The van der Waals surface area contributed by atoms with Gasteiger partial charge < -0.3 is 18.8 Å². The molecule has 2 aliphatic rings. The van der Waals surface area contributed by atoms with Gasteiger partial charge in [0.15, 0.2) is 17.2 Å². The van der Waals surface area contributed by atoms with Crippen LogP contribution in [0.15, 0.2) is 27.6 Å². The maximum absolute atomic E-state index is 12.6. The third-order valence-electron chi connectivity index (χ3n) is 4.15. The summed E-state index contributed by atoms with van der Waals surface area (Å²) < 4.78 is 16.2. The number of carbonyl (C=O) groups is 2. The summed E-state index contributed by atoms with van der Waals surface area (Å²) in [4.78, 5) is 35.4. The lowest BCUT2D eigenvalue weighted by Crippen LogP contribution is -2.27. The minimum atomic E-state index is -0.353. The van der Waals surface area contributed by atoms with Gasteiger partial charge in [0.25, 0.3) is 0 Å². The number of fused-ring (bicyclic) bond motifs is 2. The predicted molar refractivity (Wildman–Crippen MR) is 92.2 cm³/mol. The van der Waals surface area contributed by atoms with Gasteiger partial charge in [-0.15, -0.1) is 0 Å². The second-order valence-electron chi connectivity index (χ2n) is 6.33. The molecule has 1 aromatic carbocycles. The lowest BCUT2D eigenvalue weighted by atomic mass is 9.97. The quantitative estimate of drug-likeness (QED) is 0.826. The van der Waals surface area contributed by atoms with E-state index < -0.39 is 0 Å². The molecular formula is C18H17N3O5. The van der Waals surface area contributed by atoms with Crippen LogP contribution in [0.25, 0.3) is 11.5 Å². The number of hydrogen-bond acceptors (Lipinski definition) is 8. The van der Waals surface area contributed by atoms with Crippen molar-refractivity contribution < 1.29 is 23.5 Å². The van der Waals surface area contributed by atoms with Crippen LogP contribution in [0.5, 0.6) is 11.5 Å². The minimum Gasteiger partial charge on any atom is -0.454 e. The van der Waals surface area contributed by atoms with Crippen molar-refractivity contribution in [1.82, 2.24) is 9.88 Å². The van der Waals surface area contributed by atoms with Gasteiger partial charge in [0.2, 0.25) is 30.0 Å². The number of Topliss-reactive ketones (excluding diaryl/α,β-unsaturated/α-hetero) is 2. The molecule has 134 valence electrons. The maximum Gasteiger partial charge on any atom is 0.231 e. The van der Waals surface area contributed by atoms with Crippen LogP contribution in [0.1, 0.15) is 27.5 Å². The van der Waals surface area contributed by atoms with Crippen molar-refractivity contribution in [3.63, 3.8) is 0 Å². The highest BCUT2D eigenvalue weighted by molar-refractivity contribution is 6.52. The molecule has 2 heterocycles. The number of ketones is 2. The number of rotatable bonds is 4. The van der Waals surface area contributed by atoms with Crippen molar-refractivity contribution >= 4 is 17.3 Å². The molecule has 0 N–H and O–H groups in total. The Hall–Kier alpha value is -3.00. The second-order valence-corrected chi connectivity index (χ2v) is 6.33. The summed E-state index contributed by atoms with van der Waals surface area (Å²) in [5.41, 5.74) is 0.864. The standard InChI is InChI=1S/C18H17N3O5/c1-21(2)6-5-19-11-8-12(22)17-15(16(11)23)20-18(26-17)10-3-4-13-14(7-10)25-9-24-13/h3-4,7H,5-6,8-9H2,1-2H3. The molecule has 8 nitrogen and oxygen atoms in total. The fourth-order valence-electron chi connectivity index (χ4n) is 2.78. The van der Waals surface area contributed by atoms with Gasteiger partial charge in [-0.3, -0.25) is 14.6 Å². The van der Waals surface area contributed by atoms with Gasteiger partial charge in [0.05, 0.1) is 18.7 Å². The number of nitrogens with zero attached hydrogens (tertiary/aromatic N) is 3. The summed E-state index contributed by atoms with van der Waals surface area (Å²) in [6.45, 7) is 1.30. The molecule has 4 rings (SSSR count). The van der Waals surface area contributed by atoms with E-state index in [2.05, 4.69) is 9.98 Å². The first-order chi connectivity index (χ1) is 12.5. The number of hydrogen-bond donors (Lipinski definition) is 0. The third-order valence-corrected chi connectivity index (χ3v) is 4.15. The number of aliphatic imine (C=N–C) groups is 1. The SMILES string of the molecule is CN(C)CCN=C1CC(=O)c2oc(-c3ccc4c(c3)OCO4)nc2C1=O. The van der Waals surface area contributed by atoms with Crippen molar-refractivity contribution in [2.75, 3.05) is 34.0 Å². The van der Waals surface area contributed by atoms with Gasteiger partial charge in [0, 0.05) is 12.1 Å². The summed E-state index contributed by atoms with van der Waals surface area (Å²) in [5, 5.41) is 0. The van der Waals surface area contributed by atoms with Crippen LogP contribution >= 0.6 is 0 Å². The largest absolute Gasteiger partial charge is 0.454 e. The van der Waals surface area contributed by atoms with Crippen molar-refractivity contribution in [3.05, 3.63) is 29.7 Å². The molecule has 26 heavy (non-hydrogen) atoms. The smallest absolute Gasteiger partial charge is 0.231 e. The highest BCUT2D eigenvalue weighted by atomic mass is 16.7. The van der Waals surface area contributed by atoms with Crippen LogP contribution in [-0.4, -0.2) is 61.1 Å². The Labute approximate surface area is 149 Å². The van der Waals surface area contributed by atoms with E-state index in [9.17, 15) is 9.59 Å². The van der Waals surface area contributed by atoms with Gasteiger partial charge in [-0.05, 0) is 32.3 Å². The molecule has 8 heteroatoms. The van der Waals surface area contributed by atoms with Gasteiger partial charge >= 0.3 is 0 Å². The van der Waals surface area contributed by atoms with Crippen LogP contribution < -0.4 is 9.47 Å². The molecule has 0 fully saturated rings. The molecule has 1 aliphatic carbocycles. The zero-order valence-corrected chi connectivity index (χ0v) is 14.4. The molecular weight excluding hydrogens is 338 g/mol. The van der Waals surface area contributed by atoms with Crippen LogP contribution in [0.4, 0.5) is 0 Å². The number of aromatic nitrogens is 1. The van der Waals surface area contributed by atoms with E-state index in [0.29, 0.717) is 30.2 Å². The van der Waals surface area contributed by atoms with Crippen LogP contribution in [0.2, 0.25) is 0 Å². The molecule has 0 amide bonds. The lowest BCUT2D eigenvalue weighted by Gasteiger charge is -2.10. The summed E-state index contributed by atoms with van der Waals surface area (Å²) >= 11 is 0. The van der Waals surface area contributed by atoms with Gasteiger partial charge in [-0.1, -0.05) is 0 Å². The molecule has 0 radical (unpaired) electrons. The third kappa shape index (κ3) is 2.88.